The van der Waals surface area contributed by atoms with Gasteiger partial charge < -0.3 is 35.0 Å². The van der Waals surface area contributed by atoms with Crippen LogP contribution in [0.4, 0.5) is 0 Å². The van der Waals surface area contributed by atoms with Crippen molar-refractivity contribution in [3.8, 4) is 5.75 Å². The van der Waals surface area contributed by atoms with Crippen molar-refractivity contribution in [3.63, 3.8) is 0 Å². The highest BCUT2D eigenvalue weighted by molar-refractivity contribution is 6.09. The molecule has 0 aliphatic carbocycles. The summed E-state index contributed by atoms with van der Waals surface area (Å²) < 4.78 is 10.7. The van der Waals surface area contributed by atoms with Gasteiger partial charge in [-0.3, -0.25) is 4.79 Å². The van der Waals surface area contributed by atoms with Crippen LogP contribution in [0.25, 0.3) is 0 Å². The summed E-state index contributed by atoms with van der Waals surface area (Å²) in [5.41, 5.74) is 0.620. The highest BCUT2D eigenvalue weighted by Gasteiger charge is 2.53. The quantitative estimate of drug-likeness (QED) is 0.422. The molecule has 3 rings (SSSR count). The second kappa shape index (κ2) is 8.58. The maximum atomic E-state index is 12.8. The first-order valence-electron chi connectivity index (χ1n) is 9.25. The van der Waals surface area contributed by atoms with Gasteiger partial charge in [0.25, 0.3) is 0 Å². The first-order valence-corrected chi connectivity index (χ1v) is 9.25. The lowest BCUT2D eigenvalue weighted by molar-refractivity contribution is -0.357. The molecule has 5 N–H and O–H groups in total. The Hall–Kier alpha value is -2.33. The fourth-order valence-corrected chi connectivity index (χ4v) is 3.31. The zero-order chi connectivity index (χ0) is 21.2. The number of hydrogen-bond acceptors (Lipinski definition) is 8. The molecule has 1 saturated heterocycles. The molecule has 1 aliphatic heterocycles. The largest absolute Gasteiger partial charge is 0.494 e. The molecule has 8 nitrogen and oxygen atoms in total. The summed E-state index contributed by atoms with van der Waals surface area (Å²) >= 11 is 0. The molecule has 0 aromatic heterocycles. The van der Waals surface area contributed by atoms with E-state index in [0.29, 0.717) is 17.9 Å². The molecular formula is C21H24O8. The van der Waals surface area contributed by atoms with E-state index < -0.39 is 36.8 Å². The van der Waals surface area contributed by atoms with Gasteiger partial charge in [0.15, 0.2) is 5.78 Å². The molecule has 29 heavy (non-hydrogen) atoms. The lowest BCUT2D eigenvalue weighted by atomic mass is 9.87. The number of carbonyl (C=O) groups is 1. The van der Waals surface area contributed by atoms with Crippen LogP contribution in [0.3, 0.4) is 0 Å². The Kier molecular flexibility index (Phi) is 6.33. The van der Waals surface area contributed by atoms with E-state index in [1.807, 2.05) is 6.92 Å². The van der Waals surface area contributed by atoms with Gasteiger partial charge in [0.1, 0.15) is 30.2 Å². The van der Waals surface area contributed by atoms with Crippen LogP contribution in [0.1, 0.15) is 28.4 Å². The van der Waals surface area contributed by atoms with Gasteiger partial charge in [-0.2, -0.15) is 0 Å². The summed E-state index contributed by atoms with van der Waals surface area (Å²) in [6.45, 7) is 1.68. The van der Waals surface area contributed by atoms with Crippen LogP contribution in [0.15, 0.2) is 48.5 Å². The number of benzene rings is 2. The molecular weight excluding hydrogens is 380 g/mol. The van der Waals surface area contributed by atoms with Crippen LogP contribution in [0, 0.1) is 0 Å². The van der Waals surface area contributed by atoms with Crippen LogP contribution in [-0.2, 0) is 10.5 Å². The molecule has 0 radical (unpaired) electrons. The monoisotopic (exact) mass is 404 g/mol. The molecule has 0 saturated carbocycles. The minimum absolute atomic E-state index is 0.00573. The maximum absolute atomic E-state index is 12.8. The van der Waals surface area contributed by atoms with Gasteiger partial charge in [-0.25, -0.2) is 0 Å². The molecule has 2 aromatic rings. The number of hydrogen-bond donors (Lipinski definition) is 5. The van der Waals surface area contributed by atoms with Gasteiger partial charge in [0.05, 0.1) is 13.2 Å². The van der Waals surface area contributed by atoms with Gasteiger partial charge in [-0.1, -0.05) is 18.2 Å². The Morgan fingerprint density at radius 3 is 2.38 bits per heavy atom. The highest BCUT2D eigenvalue weighted by atomic mass is 16.7. The van der Waals surface area contributed by atoms with E-state index in [1.165, 1.54) is 24.3 Å². The Bertz CT molecular complexity index is 850. The van der Waals surface area contributed by atoms with E-state index >= 15 is 0 Å². The topological polar surface area (TPSA) is 137 Å². The van der Waals surface area contributed by atoms with Crippen molar-refractivity contribution >= 4 is 5.78 Å². The summed E-state index contributed by atoms with van der Waals surface area (Å²) in [6, 6.07) is 12.4. The highest BCUT2D eigenvalue weighted by Crippen LogP contribution is 2.36. The Labute approximate surface area is 167 Å². The third-order valence-corrected chi connectivity index (χ3v) is 4.93. The predicted octanol–water partition coefficient (Wildman–Crippen LogP) is -0.0648. The van der Waals surface area contributed by atoms with Crippen LogP contribution >= 0.6 is 0 Å². The van der Waals surface area contributed by atoms with Gasteiger partial charge in [0.2, 0.25) is 5.79 Å². The summed E-state index contributed by atoms with van der Waals surface area (Å²) in [5, 5.41) is 50.4. The lowest BCUT2D eigenvalue weighted by Gasteiger charge is -2.45. The fourth-order valence-electron chi connectivity index (χ4n) is 3.31. The fraction of sp³-hybridized carbons (Fsp3) is 0.381. The van der Waals surface area contributed by atoms with Crippen LogP contribution in [-0.4, -0.2) is 68.9 Å². The molecule has 0 spiro atoms. The van der Waals surface area contributed by atoms with Gasteiger partial charge in [0, 0.05) is 16.7 Å². The molecule has 5 unspecified atom stereocenters. The zero-order valence-corrected chi connectivity index (χ0v) is 15.8. The zero-order valence-electron chi connectivity index (χ0n) is 15.8. The van der Waals surface area contributed by atoms with Crippen LogP contribution in [0.2, 0.25) is 0 Å². The maximum Gasteiger partial charge on any atom is 0.222 e. The molecule has 1 heterocycles. The summed E-state index contributed by atoms with van der Waals surface area (Å²) in [4.78, 5) is 12.8. The molecule has 5 atom stereocenters. The first kappa shape index (κ1) is 21.4. The number of carbonyl (C=O) groups excluding carboxylic acids is 1. The lowest BCUT2D eigenvalue weighted by Crippen LogP contribution is -2.63. The average Bonchev–Trinajstić information content (AvgIpc) is 2.75. The Morgan fingerprint density at radius 2 is 1.76 bits per heavy atom. The smallest absolute Gasteiger partial charge is 0.222 e. The Balaban J connectivity index is 1.91. The van der Waals surface area contributed by atoms with Crippen molar-refractivity contribution in [3.05, 3.63) is 65.2 Å². The molecule has 1 aliphatic rings. The molecule has 0 bridgehead atoms. The molecule has 2 aromatic carbocycles. The van der Waals surface area contributed by atoms with Gasteiger partial charge in [-0.15, -0.1) is 0 Å². The molecule has 8 heteroatoms. The first-order chi connectivity index (χ1) is 13.8. The van der Waals surface area contributed by atoms with Crippen molar-refractivity contribution < 1.29 is 39.8 Å². The number of ether oxygens (including phenoxy) is 2. The molecule has 0 amide bonds. The van der Waals surface area contributed by atoms with Gasteiger partial charge >= 0.3 is 0 Å². The summed E-state index contributed by atoms with van der Waals surface area (Å²) in [7, 11) is 0. The number of ketones is 1. The van der Waals surface area contributed by atoms with E-state index in [0.717, 1.165) is 0 Å². The third kappa shape index (κ3) is 4.04. The summed E-state index contributed by atoms with van der Waals surface area (Å²) in [5.74, 6) is -2.11. The minimum atomic E-state index is -2.42. The molecule has 156 valence electrons. The van der Waals surface area contributed by atoms with Crippen molar-refractivity contribution in [1.29, 1.82) is 0 Å². The van der Waals surface area contributed by atoms with Crippen molar-refractivity contribution in [2.24, 2.45) is 0 Å². The normalized spacial score (nSPS) is 29.4. The van der Waals surface area contributed by atoms with E-state index in [9.17, 15) is 30.3 Å². The van der Waals surface area contributed by atoms with Crippen molar-refractivity contribution in [1.82, 2.24) is 0 Å². The van der Waals surface area contributed by atoms with Crippen molar-refractivity contribution in [2.75, 3.05) is 13.2 Å². The van der Waals surface area contributed by atoms with E-state index in [4.69, 9.17) is 9.47 Å². The van der Waals surface area contributed by atoms with Gasteiger partial charge in [-0.05, 0) is 37.3 Å². The minimum Gasteiger partial charge on any atom is -0.494 e. The Morgan fingerprint density at radius 1 is 1.07 bits per heavy atom. The second-order valence-corrected chi connectivity index (χ2v) is 6.83. The van der Waals surface area contributed by atoms with E-state index in [1.54, 1.807) is 24.3 Å². The average molecular weight is 404 g/mol. The standard InChI is InChI=1S/C21H24O8/c1-2-28-15-8-6-12(7-9-15)17(23)13-4-3-5-14(10-13)21(27)20(26)19(25)18(24)16(11-22)29-21/h3-10,16,18-20,22,24-27H,2,11H2,1H3. The molecule has 1 fully saturated rings. The predicted molar refractivity (Wildman–Crippen MR) is 101 cm³/mol. The number of rotatable bonds is 6. The number of aliphatic hydroxyl groups is 5. The van der Waals surface area contributed by atoms with Crippen LogP contribution < -0.4 is 4.74 Å². The second-order valence-electron chi connectivity index (χ2n) is 6.83. The van der Waals surface area contributed by atoms with Crippen molar-refractivity contribution in [2.45, 2.75) is 37.1 Å². The number of aliphatic hydroxyl groups excluding tert-OH is 4. The van der Waals surface area contributed by atoms with Crippen LogP contribution in [0.5, 0.6) is 5.75 Å². The van der Waals surface area contributed by atoms with E-state index in [2.05, 4.69) is 0 Å². The third-order valence-electron chi connectivity index (χ3n) is 4.93. The van der Waals surface area contributed by atoms with E-state index in [-0.39, 0.29) is 16.9 Å². The summed E-state index contributed by atoms with van der Waals surface area (Å²) in [6.07, 6.45) is -6.54. The SMILES string of the molecule is CCOc1ccc(C(=O)c2cccc(C3(O)OC(CO)C(O)C(O)C3O)c2)cc1.